The number of hydrogen-bond acceptors (Lipinski definition) is 9. The molecule has 0 spiro atoms. The minimum Gasteiger partial charge on any atom is -0.378 e. The summed E-state index contributed by atoms with van der Waals surface area (Å²) in [7, 11) is 0. The zero-order valence-corrected chi connectivity index (χ0v) is 18.3. The maximum atomic E-state index is 11.9. The van der Waals surface area contributed by atoms with Gasteiger partial charge in [-0.15, -0.1) is 0 Å². The van der Waals surface area contributed by atoms with Crippen molar-refractivity contribution in [2.45, 2.75) is 0 Å². The second-order valence-electron chi connectivity index (χ2n) is 7.54. The number of rotatable bonds is 6. The SMILES string of the molecule is C=CC(=O)Nc1cccnc1-c1cncc2cnc(Nc3ccc(N4CCOCC4)nc3)nc12. The number of ether oxygens (including phenoxy) is 1. The van der Waals surface area contributed by atoms with E-state index in [4.69, 9.17) is 9.72 Å². The Labute approximate surface area is 195 Å². The van der Waals surface area contributed by atoms with Gasteiger partial charge in [-0.1, -0.05) is 6.58 Å². The zero-order chi connectivity index (χ0) is 23.3. The highest BCUT2D eigenvalue weighted by Crippen LogP contribution is 2.31. The Kier molecular flexibility index (Phi) is 6.04. The molecule has 0 saturated carbocycles. The molecule has 10 heteroatoms. The first-order chi connectivity index (χ1) is 16.7. The number of aromatic nitrogens is 5. The van der Waals surface area contributed by atoms with Crippen molar-refractivity contribution in [1.29, 1.82) is 0 Å². The van der Waals surface area contributed by atoms with Gasteiger partial charge in [0.25, 0.3) is 0 Å². The van der Waals surface area contributed by atoms with Crippen LogP contribution in [0.5, 0.6) is 0 Å². The summed E-state index contributed by atoms with van der Waals surface area (Å²) >= 11 is 0. The van der Waals surface area contributed by atoms with E-state index in [2.05, 4.69) is 42.0 Å². The van der Waals surface area contributed by atoms with Gasteiger partial charge in [0.1, 0.15) is 5.82 Å². The lowest BCUT2D eigenvalue weighted by Crippen LogP contribution is -2.36. The molecule has 0 aliphatic carbocycles. The van der Waals surface area contributed by atoms with E-state index in [1.165, 1.54) is 6.08 Å². The summed E-state index contributed by atoms with van der Waals surface area (Å²) in [6.07, 6.45) is 9.67. The molecule has 2 N–H and O–H groups in total. The lowest BCUT2D eigenvalue weighted by atomic mass is 10.1. The summed E-state index contributed by atoms with van der Waals surface area (Å²) in [5.41, 5.74) is 3.18. The second kappa shape index (κ2) is 9.59. The number of pyridine rings is 3. The van der Waals surface area contributed by atoms with Crippen LogP contribution in [0.3, 0.4) is 0 Å². The maximum absolute atomic E-state index is 11.9. The van der Waals surface area contributed by atoms with Gasteiger partial charge in [-0.3, -0.25) is 14.8 Å². The van der Waals surface area contributed by atoms with Crippen LogP contribution in [-0.2, 0) is 9.53 Å². The molecule has 5 heterocycles. The molecule has 0 radical (unpaired) electrons. The average molecular weight is 454 g/mol. The monoisotopic (exact) mass is 454 g/mol. The van der Waals surface area contributed by atoms with Gasteiger partial charge in [0.15, 0.2) is 0 Å². The molecule has 4 aromatic heterocycles. The van der Waals surface area contributed by atoms with Gasteiger partial charge >= 0.3 is 0 Å². The van der Waals surface area contributed by atoms with E-state index in [1.807, 2.05) is 12.1 Å². The van der Waals surface area contributed by atoms with Gasteiger partial charge in [0.05, 0.1) is 42.0 Å². The van der Waals surface area contributed by atoms with Gasteiger partial charge in [0, 0.05) is 48.8 Å². The summed E-state index contributed by atoms with van der Waals surface area (Å²) in [6.45, 7) is 6.57. The van der Waals surface area contributed by atoms with E-state index in [0.29, 0.717) is 41.6 Å². The molecule has 0 atom stereocenters. The maximum Gasteiger partial charge on any atom is 0.247 e. The van der Waals surface area contributed by atoms with Crippen molar-refractivity contribution >= 4 is 40.0 Å². The molecule has 4 aromatic rings. The first kappa shape index (κ1) is 21.4. The van der Waals surface area contributed by atoms with Crippen molar-refractivity contribution in [1.82, 2.24) is 24.9 Å². The van der Waals surface area contributed by atoms with Crippen LogP contribution in [-0.4, -0.2) is 57.1 Å². The molecular formula is C24H22N8O2. The van der Waals surface area contributed by atoms with Gasteiger partial charge in [-0.25, -0.2) is 15.0 Å². The first-order valence-electron chi connectivity index (χ1n) is 10.8. The van der Waals surface area contributed by atoms with Crippen LogP contribution in [0.15, 0.2) is 67.9 Å². The predicted molar refractivity (Wildman–Crippen MR) is 130 cm³/mol. The number of carbonyl (C=O) groups is 1. The summed E-state index contributed by atoms with van der Waals surface area (Å²) in [5.74, 6) is 0.992. The van der Waals surface area contributed by atoms with E-state index in [9.17, 15) is 4.79 Å². The Bertz CT molecular complexity index is 1340. The molecule has 1 aliphatic rings. The standard InChI is InChI=1S/C24H22N8O2/c1-2-21(33)30-19-4-3-7-26-23(19)18-15-25-12-16-13-28-24(31-22(16)18)29-17-5-6-20(27-14-17)32-8-10-34-11-9-32/h2-7,12-15H,1,8-11H2,(H,30,33)(H,28,29,31). The number of hydrogen-bond donors (Lipinski definition) is 2. The molecule has 1 amide bonds. The van der Waals surface area contributed by atoms with E-state index in [-0.39, 0.29) is 5.91 Å². The smallest absolute Gasteiger partial charge is 0.247 e. The highest BCUT2D eigenvalue weighted by Gasteiger charge is 2.15. The van der Waals surface area contributed by atoms with Crippen LogP contribution < -0.4 is 15.5 Å². The van der Waals surface area contributed by atoms with Crippen molar-refractivity contribution in [2.75, 3.05) is 41.8 Å². The van der Waals surface area contributed by atoms with Crippen LogP contribution in [0, 0.1) is 0 Å². The normalized spacial score (nSPS) is 13.5. The molecule has 0 aromatic carbocycles. The second-order valence-corrected chi connectivity index (χ2v) is 7.54. The van der Waals surface area contributed by atoms with Crippen LogP contribution in [0.2, 0.25) is 0 Å². The number of fused-ring (bicyclic) bond motifs is 1. The van der Waals surface area contributed by atoms with E-state index < -0.39 is 0 Å². The molecule has 5 rings (SSSR count). The lowest BCUT2D eigenvalue weighted by molar-refractivity contribution is -0.111. The number of nitrogens with one attached hydrogen (secondary N) is 2. The number of carbonyl (C=O) groups excluding carboxylic acids is 1. The molecular weight excluding hydrogens is 432 g/mol. The number of anilines is 4. The fourth-order valence-corrected chi connectivity index (χ4v) is 3.66. The van der Waals surface area contributed by atoms with Crippen LogP contribution in [0.1, 0.15) is 0 Å². The minimum atomic E-state index is -0.326. The highest BCUT2D eigenvalue weighted by atomic mass is 16.5. The number of amides is 1. The molecule has 10 nitrogen and oxygen atoms in total. The molecule has 0 unspecified atom stereocenters. The molecule has 1 saturated heterocycles. The fraction of sp³-hybridized carbons (Fsp3) is 0.167. The Morgan fingerprint density at radius 1 is 1.06 bits per heavy atom. The van der Waals surface area contributed by atoms with E-state index >= 15 is 0 Å². The molecule has 1 fully saturated rings. The topological polar surface area (TPSA) is 118 Å². The highest BCUT2D eigenvalue weighted by molar-refractivity contribution is 6.03. The van der Waals surface area contributed by atoms with Gasteiger partial charge in [-0.05, 0) is 30.3 Å². The predicted octanol–water partition coefficient (Wildman–Crippen LogP) is 3.19. The molecule has 34 heavy (non-hydrogen) atoms. The first-order valence-corrected chi connectivity index (χ1v) is 10.8. The van der Waals surface area contributed by atoms with Crippen molar-refractivity contribution < 1.29 is 9.53 Å². The fourth-order valence-electron chi connectivity index (χ4n) is 3.66. The van der Waals surface area contributed by atoms with Crippen molar-refractivity contribution in [2.24, 2.45) is 0 Å². The van der Waals surface area contributed by atoms with Crippen LogP contribution >= 0.6 is 0 Å². The Hall–Kier alpha value is -4.44. The minimum absolute atomic E-state index is 0.326. The lowest BCUT2D eigenvalue weighted by Gasteiger charge is -2.27. The third kappa shape index (κ3) is 4.52. The molecule has 0 bridgehead atoms. The van der Waals surface area contributed by atoms with E-state index in [1.54, 1.807) is 43.1 Å². The third-order valence-corrected chi connectivity index (χ3v) is 5.33. The van der Waals surface area contributed by atoms with Gasteiger partial charge in [0.2, 0.25) is 11.9 Å². The third-order valence-electron chi connectivity index (χ3n) is 5.33. The average Bonchev–Trinajstić information content (AvgIpc) is 2.89. The Balaban J connectivity index is 1.45. The van der Waals surface area contributed by atoms with Crippen molar-refractivity contribution in [3.63, 3.8) is 0 Å². The number of nitrogens with zero attached hydrogens (tertiary/aromatic N) is 6. The van der Waals surface area contributed by atoms with Gasteiger partial charge in [-0.2, -0.15) is 0 Å². The summed E-state index contributed by atoms with van der Waals surface area (Å²) < 4.78 is 5.40. The van der Waals surface area contributed by atoms with Gasteiger partial charge < -0.3 is 20.3 Å². The summed E-state index contributed by atoms with van der Waals surface area (Å²) in [5, 5.41) is 6.74. The Morgan fingerprint density at radius 3 is 2.74 bits per heavy atom. The summed E-state index contributed by atoms with van der Waals surface area (Å²) in [4.78, 5) is 36.5. The van der Waals surface area contributed by atoms with Crippen molar-refractivity contribution in [3.05, 3.63) is 67.9 Å². The van der Waals surface area contributed by atoms with E-state index in [0.717, 1.165) is 30.0 Å². The summed E-state index contributed by atoms with van der Waals surface area (Å²) in [6, 6.07) is 7.42. The molecule has 170 valence electrons. The van der Waals surface area contributed by atoms with Crippen molar-refractivity contribution in [3.8, 4) is 11.3 Å². The Morgan fingerprint density at radius 2 is 1.94 bits per heavy atom. The van der Waals surface area contributed by atoms with Crippen LogP contribution in [0.4, 0.5) is 23.1 Å². The largest absolute Gasteiger partial charge is 0.378 e. The van der Waals surface area contributed by atoms with Crippen LogP contribution in [0.25, 0.3) is 22.2 Å². The quantitative estimate of drug-likeness (QED) is 0.423. The number of morpholine rings is 1. The molecule has 1 aliphatic heterocycles. The zero-order valence-electron chi connectivity index (χ0n) is 18.3.